The molecule has 1 aliphatic heterocycles. The SMILES string of the molecule is COc1cc([N+](=O)[O-])cc([C@@H](C2CCC2)N2CCNCC2)c1O. The van der Waals surface area contributed by atoms with Gasteiger partial charge in [0.2, 0.25) is 0 Å². The molecule has 0 aromatic heterocycles. The molecule has 23 heavy (non-hydrogen) atoms. The first-order valence-electron chi connectivity index (χ1n) is 8.12. The minimum Gasteiger partial charge on any atom is -0.504 e. The molecule has 0 unspecified atom stereocenters. The molecule has 2 N–H and O–H groups in total. The third kappa shape index (κ3) is 3.11. The Morgan fingerprint density at radius 2 is 2.09 bits per heavy atom. The Morgan fingerprint density at radius 3 is 2.61 bits per heavy atom. The summed E-state index contributed by atoms with van der Waals surface area (Å²) in [5, 5.41) is 25.1. The number of nitrogens with zero attached hydrogens (tertiary/aromatic N) is 2. The van der Waals surface area contributed by atoms with Crippen LogP contribution in [0.5, 0.6) is 11.5 Å². The van der Waals surface area contributed by atoms with Gasteiger partial charge in [0.1, 0.15) is 0 Å². The van der Waals surface area contributed by atoms with E-state index in [1.165, 1.54) is 25.7 Å². The van der Waals surface area contributed by atoms with Crippen LogP contribution in [0.15, 0.2) is 12.1 Å². The Labute approximate surface area is 135 Å². The summed E-state index contributed by atoms with van der Waals surface area (Å²) in [6.07, 6.45) is 3.37. The number of benzene rings is 1. The minimum absolute atomic E-state index is 0.0136. The zero-order chi connectivity index (χ0) is 16.4. The number of hydrogen-bond donors (Lipinski definition) is 2. The highest BCUT2D eigenvalue weighted by Gasteiger charge is 2.36. The van der Waals surface area contributed by atoms with Crippen LogP contribution < -0.4 is 10.1 Å². The number of hydrogen-bond acceptors (Lipinski definition) is 6. The van der Waals surface area contributed by atoms with Crippen molar-refractivity contribution in [2.75, 3.05) is 33.3 Å². The molecule has 1 aromatic rings. The number of non-ortho nitro benzene ring substituents is 1. The van der Waals surface area contributed by atoms with Gasteiger partial charge < -0.3 is 15.2 Å². The van der Waals surface area contributed by atoms with Crippen LogP contribution in [0.4, 0.5) is 5.69 Å². The second kappa shape index (κ2) is 6.72. The molecule has 1 heterocycles. The number of rotatable bonds is 5. The molecule has 1 saturated heterocycles. The van der Waals surface area contributed by atoms with E-state index in [0.717, 1.165) is 39.0 Å². The molecule has 0 amide bonds. The lowest BCUT2D eigenvalue weighted by atomic mass is 9.76. The van der Waals surface area contributed by atoms with Crippen molar-refractivity contribution in [2.45, 2.75) is 25.3 Å². The highest BCUT2D eigenvalue weighted by molar-refractivity contribution is 5.55. The lowest BCUT2D eigenvalue weighted by molar-refractivity contribution is -0.385. The van der Waals surface area contributed by atoms with Crippen LogP contribution in [0.2, 0.25) is 0 Å². The zero-order valence-corrected chi connectivity index (χ0v) is 13.3. The standard InChI is InChI=1S/C16H23N3O4/c1-23-14-10-12(19(21)22)9-13(16(14)20)15(11-3-2-4-11)18-7-5-17-6-8-18/h9-11,15,17,20H,2-8H2,1H3/t15-/m1/s1. The van der Waals surface area contributed by atoms with E-state index in [1.807, 2.05) is 0 Å². The van der Waals surface area contributed by atoms with E-state index in [2.05, 4.69) is 10.2 Å². The van der Waals surface area contributed by atoms with E-state index in [-0.39, 0.29) is 23.2 Å². The van der Waals surface area contributed by atoms with Gasteiger partial charge in [-0.05, 0) is 18.8 Å². The Morgan fingerprint density at radius 1 is 1.39 bits per heavy atom. The topological polar surface area (TPSA) is 87.9 Å². The third-order valence-electron chi connectivity index (χ3n) is 4.98. The van der Waals surface area contributed by atoms with Crippen LogP contribution in [0.3, 0.4) is 0 Å². The fraction of sp³-hybridized carbons (Fsp3) is 0.625. The molecule has 0 bridgehead atoms. The average Bonchev–Trinajstić information content (AvgIpc) is 2.52. The number of piperazine rings is 1. The molecule has 126 valence electrons. The quantitative estimate of drug-likeness (QED) is 0.637. The monoisotopic (exact) mass is 321 g/mol. The fourth-order valence-electron chi connectivity index (χ4n) is 3.57. The lowest BCUT2D eigenvalue weighted by Crippen LogP contribution is -2.47. The van der Waals surface area contributed by atoms with Crippen LogP contribution in [-0.4, -0.2) is 48.2 Å². The van der Waals surface area contributed by atoms with Crippen molar-refractivity contribution in [2.24, 2.45) is 5.92 Å². The minimum atomic E-state index is -0.430. The number of phenolic OH excluding ortho intramolecular Hbond substituents is 1. The Balaban J connectivity index is 2.03. The molecular formula is C16H23N3O4. The van der Waals surface area contributed by atoms with Crippen molar-refractivity contribution in [3.63, 3.8) is 0 Å². The summed E-state index contributed by atoms with van der Waals surface area (Å²) < 4.78 is 5.16. The summed E-state index contributed by atoms with van der Waals surface area (Å²) in [6.45, 7) is 3.56. The molecule has 2 aliphatic rings. The van der Waals surface area contributed by atoms with Gasteiger partial charge in [-0.25, -0.2) is 0 Å². The summed E-state index contributed by atoms with van der Waals surface area (Å²) in [5.41, 5.74) is 0.594. The van der Waals surface area contributed by atoms with Crippen molar-refractivity contribution >= 4 is 5.69 Å². The second-order valence-electron chi connectivity index (χ2n) is 6.26. The molecule has 1 aromatic carbocycles. The number of ether oxygens (including phenoxy) is 1. The van der Waals surface area contributed by atoms with Gasteiger partial charge in [0.25, 0.3) is 5.69 Å². The van der Waals surface area contributed by atoms with E-state index in [0.29, 0.717) is 11.5 Å². The molecule has 2 fully saturated rings. The molecule has 1 aliphatic carbocycles. The van der Waals surface area contributed by atoms with Gasteiger partial charge in [-0.3, -0.25) is 15.0 Å². The molecule has 7 heteroatoms. The van der Waals surface area contributed by atoms with E-state index >= 15 is 0 Å². The van der Waals surface area contributed by atoms with Crippen molar-refractivity contribution in [3.05, 3.63) is 27.8 Å². The zero-order valence-electron chi connectivity index (χ0n) is 13.3. The normalized spacial score (nSPS) is 20.7. The van der Waals surface area contributed by atoms with Crippen LogP contribution in [0.25, 0.3) is 0 Å². The highest BCUT2D eigenvalue weighted by Crippen LogP contribution is 2.47. The largest absolute Gasteiger partial charge is 0.504 e. The lowest BCUT2D eigenvalue weighted by Gasteiger charge is -2.43. The van der Waals surface area contributed by atoms with Crippen molar-refractivity contribution in [3.8, 4) is 11.5 Å². The number of methoxy groups -OCH3 is 1. The number of nitrogens with one attached hydrogen (secondary N) is 1. The summed E-state index contributed by atoms with van der Waals surface area (Å²) in [5.74, 6) is 0.646. The van der Waals surface area contributed by atoms with Crippen molar-refractivity contribution in [1.29, 1.82) is 0 Å². The Kier molecular flexibility index (Phi) is 4.68. The smallest absolute Gasteiger partial charge is 0.273 e. The van der Waals surface area contributed by atoms with Gasteiger partial charge in [-0.15, -0.1) is 0 Å². The van der Waals surface area contributed by atoms with Gasteiger partial charge in [0, 0.05) is 43.9 Å². The predicted molar refractivity (Wildman–Crippen MR) is 85.8 cm³/mol. The third-order valence-corrected chi connectivity index (χ3v) is 4.98. The van der Waals surface area contributed by atoms with Gasteiger partial charge in [-0.2, -0.15) is 0 Å². The summed E-state index contributed by atoms with van der Waals surface area (Å²) in [4.78, 5) is 13.1. The molecular weight excluding hydrogens is 298 g/mol. The number of nitro groups is 1. The van der Waals surface area contributed by atoms with E-state index < -0.39 is 4.92 Å². The second-order valence-corrected chi connectivity index (χ2v) is 6.26. The Hall–Kier alpha value is -1.86. The highest BCUT2D eigenvalue weighted by atomic mass is 16.6. The first-order chi connectivity index (χ1) is 11.1. The molecule has 1 atom stereocenters. The average molecular weight is 321 g/mol. The molecule has 7 nitrogen and oxygen atoms in total. The maximum Gasteiger partial charge on any atom is 0.273 e. The van der Waals surface area contributed by atoms with Crippen LogP contribution >= 0.6 is 0 Å². The van der Waals surface area contributed by atoms with E-state index in [1.54, 1.807) is 0 Å². The number of aromatic hydroxyl groups is 1. The molecule has 1 saturated carbocycles. The fourth-order valence-corrected chi connectivity index (χ4v) is 3.57. The summed E-state index contributed by atoms with van der Waals surface area (Å²) in [7, 11) is 1.42. The van der Waals surface area contributed by atoms with E-state index in [9.17, 15) is 15.2 Å². The van der Waals surface area contributed by atoms with Crippen LogP contribution in [0, 0.1) is 16.0 Å². The van der Waals surface area contributed by atoms with Gasteiger partial charge >= 0.3 is 0 Å². The van der Waals surface area contributed by atoms with Crippen LogP contribution in [0.1, 0.15) is 30.9 Å². The maximum absolute atomic E-state index is 11.2. The van der Waals surface area contributed by atoms with Crippen molar-refractivity contribution < 1.29 is 14.8 Å². The maximum atomic E-state index is 11.2. The van der Waals surface area contributed by atoms with E-state index in [4.69, 9.17) is 4.74 Å². The number of phenols is 1. The molecule has 3 rings (SSSR count). The summed E-state index contributed by atoms with van der Waals surface area (Å²) in [6, 6.07) is 2.82. The predicted octanol–water partition coefficient (Wildman–Crippen LogP) is 2.06. The van der Waals surface area contributed by atoms with Gasteiger partial charge in [0.05, 0.1) is 18.1 Å². The Bertz CT molecular complexity index is 583. The number of nitro benzene ring substituents is 1. The van der Waals surface area contributed by atoms with Crippen molar-refractivity contribution in [1.82, 2.24) is 10.2 Å². The summed E-state index contributed by atoms with van der Waals surface area (Å²) >= 11 is 0. The first kappa shape index (κ1) is 16.0. The molecule has 0 radical (unpaired) electrons. The first-order valence-corrected chi connectivity index (χ1v) is 8.12. The van der Waals surface area contributed by atoms with Gasteiger partial charge in [0.15, 0.2) is 11.5 Å². The van der Waals surface area contributed by atoms with Gasteiger partial charge in [-0.1, -0.05) is 6.42 Å². The molecule has 0 spiro atoms. The van der Waals surface area contributed by atoms with Crippen LogP contribution in [-0.2, 0) is 0 Å².